The molecule has 0 saturated heterocycles. The molecule has 0 unspecified atom stereocenters. The first kappa shape index (κ1) is 23.8. The van der Waals surface area contributed by atoms with Gasteiger partial charge in [-0.25, -0.2) is 0 Å². The molecule has 23 heavy (non-hydrogen) atoms. The van der Waals surface area contributed by atoms with E-state index in [-0.39, 0.29) is 45.7 Å². The van der Waals surface area contributed by atoms with Crippen molar-refractivity contribution >= 4 is 21.5 Å². The van der Waals surface area contributed by atoms with Gasteiger partial charge in [0, 0.05) is 0 Å². The molecular formula is C21H21ClHf. The average molecular weight is 487 g/mol. The minimum atomic E-state index is 0. The SMILES string of the molecule is C=C.[CH3-].[Cl-].[Hf+4].c1ccc2[cH-]ccc2c1.c1ccc2[cH-]ccc2c1. The van der Waals surface area contributed by atoms with E-state index in [4.69, 9.17) is 0 Å². The van der Waals surface area contributed by atoms with E-state index in [0.717, 1.165) is 0 Å². The summed E-state index contributed by atoms with van der Waals surface area (Å²) in [4.78, 5) is 0. The summed E-state index contributed by atoms with van der Waals surface area (Å²) in [5, 5.41) is 5.32. The van der Waals surface area contributed by atoms with Crippen molar-refractivity contribution in [1.82, 2.24) is 0 Å². The molecule has 0 N–H and O–H groups in total. The molecule has 116 valence electrons. The Morgan fingerprint density at radius 3 is 1.30 bits per heavy atom. The summed E-state index contributed by atoms with van der Waals surface area (Å²) < 4.78 is 0. The van der Waals surface area contributed by atoms with Gasteiger partial charge in [0.05, 0.1) is 0 Å². The van der Waals surface area contributed by atoms with Crippen LogP contribution in [0.3, 0.4) is 0 Å². The Balaban J connectivity index is 0. The smallest absolute Gasteiger partial charge is 1.00 e. The minimum Gasteiger partial charge on any atom is -1.00 e. The van der Waals surface area contributed by atoms with Crippen LogP contribution in [-0.2, 0) is 25.8 Å². The predicted octanol–water partition coefficient (Wildman–Crippen LogP) is 3.37. The monoisotopic (exact) mass is 488 g/mol. The van der Waals surface area contributed by atoms with E-state index < -0.39 is 0 Å². The molecule has 0 bridgehead atoms. The normalized spacial score (nSPS) is 8.17. The Kier molecular flexibility index (Phi) is 13.5. The van der Waals surface area contributed by atoms with Crippen LogP contribution in [0.1, 0.15) is 0 Å². The Bertz CT molecular complexity index is 641. The zero-order chi connectivity index (χ0) is 14.2. The number of hydrogen-bond acceptors (Lipinski definition) is 0. The fourth-order valence-corrected chi connectivity index (χ4v) is 2.14. The fourth-order valence-electron chi connectivity index (χ4n) is 2.14. The largest absolute Gasteiger partial charge is 4.00 e. The van der Waals surface area contributed by atoms with Crippen LogP contribution >= 0.6 is 0 Å². The van der Waals surface area contributed by atoms with Crippen LogP contribution in [0.15, 0.2) is 98.1 Å². The van der Waals surface area contributed by atoms with E-state index in [1.807, 2.05) is 0 Å². The third-order valence-corrected chi connectivity index (χ3v) is 3.10. The summed E-state index contributed by atoms with van der Waals surface area (Å²) in [6, 6.07) is 29.3. The van der Waals surface area contributed by atoms with Gasteiger partial charge in [0.25, 0.3) is 0 Å². The zero-order valence-corrected chi connectivity index (χ0v) is 17.7. The summed E-state index contributed by atoms with van der Waals surface area (Å²) in [5.74, 6) is 0. The van der Waals surface area contributed by atoms with Crippen LogP contribution in [0.5, 0.6) is 0 Å². The number of halogens is 1. The van der Waals surface area contributed by atoms with E-state index in [9.17, 15) is 0 Å². The molecule has 0 amide bonds. The summed E-state index contributed by atoms with van der Waals surface area (Å²) in [6.07, 6.45) is 0. The van der Waals surface area contributed by atoms with Crippen molar-refractivity contribution in [3.8, 4) is 0 Å². The maximum absolute atomic E-state index is 3.00. The van der Waals surface area contributed by atoms with E-state index in [2.05, 4.69) is 98.1 Å². The molecule has 0 aliphatic rings. The molecule has 0 nitrogen and oxygen atoms in total. The second kappa shape index (κ2) is 13.0. The van der Waals surface area contributed by atoms with Gasteiger partial charge < -0.3 is 19.8 Å². The van der Waals surface area contributed by atoms with Crippen molar-refractivity contribution in [2.45, 2.75) is 0 Å². The van der Waals surface area contributed by atoms with Crippen molar-refractivity contribution in [1.29, 1.82) is 0 Å². The van der Waals surface area contributed by atoms with Gasteiger partial charge in [0.15, 0.2) is 0 Å². The average Bonchev–Trinajstić information content (AvgIpc) is 3.18. The molecule has 4 aromatic rings. The molecule has 0 radical (unpaired) electrons. The molecule has 0 atom stereocenters. The van der Waals surface area contributed by atoms with Crippen molar-refractivity contribution in [3.63, 3.8) is 0 Å². The number of fused-ring (bicyclic) bond motifs is 2. The zero-order valence-electron chi connectivity index (χ0n) is 13.4. The number of hydrogen-bond donors (Lipinski definition) is 0. The Labute approximate surface area is 164 Å². The molecule has 4 aromatic carbocycles. The Morgan fingerprint density at radius 2 is 0.957 bits per heavy atom. The molecule has 0 aliphatic carbocycles. The van der Waals surface area contributed by atoms with Crippen LogP contribution < -0.4 is 12.4 Å². The second-order valence-electron chi connectivity index (χ2n) is 4.31. The van der Waals surface area contributed by atoms with Gasteiger partial charge in [-0.15, -0.1) is 72.5 Å². The number of benzene rings is 2. The third kappa shape index (κ3) is 6.68. The molecule has 4 rings (SSSR count). The Hall–Kier alpha value is -1.44. The first-order valence-corrected chi connectivity index (χ1v) is 6.64. The van der Waals surface area contributed by atoms with Crippen LogP contribution in [0.4, 0.5) is 0 Å². The standard InChI is InChI=1S/2C9H7.C2H4.CH3.ClH.Hf/c2*1-2-5-9-7-3-6-8(9)4-1;1-2;;;/h2*1-7H;1-2H2;1H3;1H;/q2*-1;;-1;;+4/p-1. The molecule has 2 heteroatoms. The van der Waals surface area contributed by atoms with Crippen molar-refractivity contribution < 1.29 is 38.3 Å². The second-order valence-corrected chi connectivity index (χ2v) is 4.31. The van der Waals surface area contributed by atoms with Gasteiger partial charge in [-0.05, 0) is 0 Å². The molecule has 0 spiro atoms. The molecule has 0 saturated carbocycles. The summed E-state index contributed by atoms with van der Waals surface area (Å²) >= 11 is 0. The van der Waals surface area contributed by atoms with Gasteiger partial charge in [0.1, 0.15) is 0 Å². The molecular weight excluding hydrogens is 466 g/mol. The molecule has 0 heterocycles. The van der Waals surface area contributed by atoms with Crippen LogP contribution in [0, 0.1) is 7.43 Å². The molecule has 0 aliphatic heterocycles. The van der Waals surface area contributed by atoms with E-state index in [0.29, 0.717) is 0 Å². The van der Waals surface area contributed by atoms with Gasteiger partial charge in [-0.1, -0.05) is 12.1 Å². The van der Waals surface area contributed by atoms with Crippen molar-refractivity contribution in [3.05, 3.63) is 106 Å². The first-order chi connectivity index (χ1) is 9.93. The van der Waals surface area contributed by atoms with Gasteiger partial charge in [0.2, 0.25) is 0 Å². The van der Waals surface area contributed by atoms with Crippen molar-refractivity contribution in [2.75, 3.05) is 0 Å². The third-order valence-electron chi connectivity index (χ3n) is 3.10. The minimum absolute atomic E-state index is 0. The van der Waals surface area contributed by atoms with E-state index >= 15 is 0 Å². The van der Waals surface area contributed by atoms with Crippen LogP contribution in [0.25, 0.3) is 21.5 Å². The maximum Gasteiger partial charge on any atom is 4.00 e. The fraction of sp³-hybridized carbons (Fsp3) is 0. The van der Waals surface area contributed by atoms with E-state index in [1.165, 1.54) is 21.5 Å². The van der Waals surface area contributed by atoms with Gasteiger partial charge in [-0.2, -0.15) is 35.0 Å². The summed E-state index contributed by atoms with van der Waals surface area (Å²) in [7, 11) is 0. The number of rotatable bonds is 0. The predicted molar refractivity (Wildman–Crippen MR) is 96.8 cm³/mol. The van der Waals surface area contributed by atoms with Crippen LogP contribution in [0.2, 0.25) is 0 Å². The van der Waals surface area contributed by atoms with Gasteiger partial charge in [-0.3, -0.25) is 0 Å². The van der Waals surface area contributed by atoms with Crippen molar-refractivity contribution in [2.24, 2.45) is 0 Å². The summed E-state index contributed by atoms with van der Waals surface area (Å²) in [5.41, 5.74) is 0. The summed E-state index contributed by atoms with van der Waals surface area (Å²) in [6.45, 7) is 6.00. The van der Waals surface area contributed by atoms with Gasteiger partial charge >= 0.3 is 25.8 Å². The topological polar surface area (TPSA) is 0 Å². The first-order valence-electron chi connectivity index (χ1n) is 6.64. The quantitative estimate of drug-likeness (QED) is 0.203. The Morgan fingerprint density at radius 1 is 0.609 bits per heavy atom. The maximum atomic E-state index is 3.00. The van der Waals surface area contributed by atoms with E-state index in [1.54, 1.807) is 0 Å². The molecule has 0 fully saturated rings. The van der Waals surface area contributed by atoms with Crippen LogP contribution in [-0.4, -0.2) is 0 Å². The molecule has 0 aromatic heterocycles.